The standard InChI is InChI=1S/C15H27NO3Si/c1-7-8-9-10-11-12(14(18)19)16(13(11)17)20(5,6)15(2,3)4/h7,11-12H,1,8-10H2,2-6H3,(H,18,19)/t11-,12+/m1/s1. The minimum absolute atomic E-state index is 0.0352. The van der Waals surface area contributed by atoms with Gasteiger partial charge in [0.15, 0.2) is 8.24 Å². The van der Waals surface area contributed by atoms with Gasteiger partial charge < -0.3 is 9.67 Å². The van der Waals surface area contributed by atoms with Crippen molar-refractivity contribution in [2.24, 2.45) is 5.92 Å². The summed E-state index contributed by atoms with van der Waals surface area (Å²) in [6.45, 7) is 14.1. The minimum atomic E-state index is -2.12. The van der Waals surface area contributed by atoms with Crippen molar-refractivity contribution >= 4 is 20.1 Å². The van der Waals surface area contributed by atoms with E-state index < -0.39 is 20.2 Å². The van der Waals surface area contributed by atoms with E-state index in [1.54, 1.807) is 4.57 Å². The lowest BCUT2D eigenvalue weighted by atomic mass is 9.86. The number of β-lactam (4-membered cyclic amide) rings is 1. The van der Waals surface area contributed by atoms with E-state index in [2.05, 4.69) is 40.4 Å². The molecule has 0 aromatic carbocycles. The molecular formula is C15H27NO3Si. The molecule has 0 aromatic rings. The number of carboxylic acids is 1. The van der Waals surface area contributed by atoms with E-state index in [4.69, 9.17) is 0 Å². The molecular weight excluding hydrogens is 270 g/mol. The number of nitrogens with zero attached hydrogens (tertiary/aromatic N) is 1. The molecule has 2 atom stereocenters. The van der Waals surface area contributed by atoms with E-state index in [0.29, 0.717) is 6.42 Å². The van der Waals surface area contributed by atoms with E-state index in [-0.39, 0.29) is 16.9 Å². The molecule has 1 amide bonds. The first-order chi connectivity index (χ1) is 9.05. The number of aliphatic carboxylic acids is 1. The average molecular weight is 297 g/mol. The van der Waals surface area contributed by atoms with Gasteiger partial charge >= 0.3 is 5.97 Å². The number of unbranched alkanes of at least 4 members (excludes halogenated alkanes) is 1. The van der Waals surface area contributed by atoms with Gasteiger partial charge in [-0.25, -0.2) is 4.79 Å². The first kappa shape index (κ1) is 16.9. The van der Waals surface area contributed by atoms with Gasteiger partial charge in [0, 0.05) is 0 Å². The summed E-state index contributed by atoms with van der Waals surface area (Å²) >= 11 is 0. The van der Waals surface area contributed by atoms with Crippen LogP contribution in [0.15, 0.2) is 12.7 Å². The molecule has 0 saturated carbocycles. The molecule has 0 radical (unpaired) electrons. The summed E-state index contributed by atoms with van der Waals surface area (Å²) in [5.41, 5.74) is 0. The largest absolute Gasteiger partial charge is 0.480 e. The van der Waals surface area contributed by atoms with E-state index in [9.17, 15) is 14.7 Å². The zero-order valence-corrected chi connectivity index (χ0v) is 14.3. The Morgan fingerprint density at radius 1 is 1.45 bits per heavy atom. The van der Waals surface area contributed by atoms with E-state index in [1.165, 1.54) is 0 Å². The minimum Gasteiger partial charge on any atom is -0.480 e. The Balaban J connectivity index is 2.92. The lowest BCUT2D eigenvalue weighted by Gasteiger charge is -2.56. The number of hydrogen-bond donors (Lipinski definition) is 1. The van der Waals surface area contributed by atoms with Crippen molar-refractivity contribution in [2.75, 3.05) is 0 Å². The lowest BCUT2D eigenvalue weighted by Crippen LogP contribution is -2.74. The fourth-order valence-corrected chi connectivity index (χ4v) is 5.00. The number of amides is 1. The summed E-state index contributed by atoms with van der Waals surface area (Å²) in [4.78, 5) is 24.0. The highest BCUT2D eigenvalue weighted by Crippen LogP contribution is 2.45. The van der Waals surface area contributed by atoms with Crippen LogP contribution in [0.5, 0.6) is 0 Å². The normalized spacial score (nSPS) is 23.4. The topological polar surface area (TPSA) is 57.6 Å². The number of carbonyl (C=O) groups excluding carboxylic acids is 1. The van der Waals surface area contributed by atoms with Crippen molar-refractivity contribution in [1.29, 1.82) is 0 Å². The second-order valence-corrected chi connectivity index (χ2v) is 12.2. The van der Waals surface area contributed by atoms with Gasteiger partial charge in [-0.3, -0.25) is 4.79 Å². The molecule has 1 aliphatic rings. The van der Waals surface area contributed by atoms with Gasteiger partial charge in [0.2, 0.25) is 5.91 Å². The number of carbonyl (C=O) groups is 2. The molecule has 1 N–H and O–H groups in total. The van der Waals surface area contributed by atoms with Crippen LogP contribution in [-0.2, 0) is 9.59 Å². The third-order valence-electron chi connectivity index (χ3n) is 4.83. The summed E-state index contributed by atoms with van der Waals surface area (Å²) in [5.74, 6) is -1.17. The first-order valence-electron chi connectivity index (χ1n) is 7.22. The Morgan fingerprint density at radius 2 is 2.00 bits per heavy atom. The first-order valence-corrected chi connectivity index (χ1v) is 10.2. The van der Waals surface area contributed by atoms with Crippen LogP contribution in [0, 0.1) is 5.92 Å². The Bertz CT molecular complexity index is 412. The summed E-state index contributed by atoms with van der Waals surface area (Å²) < 4.78 is 1.70. The zero-order valence-electron chi connectivity index (χ0n) is 13.3. The number of hydrogen-bond acceptors (Lipinski definition) is 2. The van der Waals surface area contributed by atoms with Gasteiger partial charge in [0.25, 0.3) is 0 Å². The molecule has 0 aliphatic carbocycles. The van der Waals surface area contributed by atoms with Crippen LogP contribution >= 0.6 is 0 Å². The van der Waals surface area contributed by atoms with Gasteiger partial charge in [0.05, 0.1) is 5.92 Å². The van der Waals surface area contributed by atoms with Gasteiger partial charge in [-0.1, -0.05) is 39.9 Å². The molecule has 1 heterocycles. The lowest BCUT2D eigenvalue weighted by molar-refractivity contribution is -0.164. The Kier molecular flexibility index (Phi) is 4.84. The molecule has 5 heteroatoms. The smallest absolute Gasteiger partial charge is 0.326 e. The van der Waals surface area contributed by atoms with Gasteiger partial charge in [0.1, 0.15) is 6.04 Å². The highest BCUT2D eigenvalue weighted by Gasteiger charge is 2.59. The summed E-state index contributed by atoms with van der Waals surface area (Å²) in [7, 11) is -2.12. The van der Waals surface area contributed by atoms with E-state index in [1.807, 2.05) is 6.08 Å². The molecule has 0 unspecified atom stereocenters. The molecule has 1 fully saturated rings. The summed E-state index contributed by atoms with van der Waals surface area (Å²) in [5, 5.41) is 9.45. The van der Waals surface area contributed by atoms with Crippen molar-refractivity contribution in [3.8, 4) is 0 Å². The maximum atomic E-state index is 12.4. The second-order valence-electron chi connectivity index (χ2n) is 7.13. The molecule has 0 spiro atoms. The van der Waals surface area contributed by atoms with Crippen LogP contribution in [0.2, 0.25) is 18.1 Å². The molecule has 1 saturated heterocycles. The van der Waals surface area contributed by atoms with Crippen LogP contribution in [-0.4, -0.2) is 35.8 Å². The molecule has 0 aromatic heterocycles. The van der Waals surface area contributed by atoms with Gasteiger partial charge in [-0.05, 0) is 24.3 Å². The van der Waals surface area contributed by atoms with Crippen LogP contribution in [0.25, 0.3) is 0 Å². The maximum absolute atomic E-state index is 12.4. The maximum Gasteiger partial charge on any atom is 0.326 e. The molecule has 20 heavy (non-hydrogen) atoms. The van der Waals surface area contributed by atoms with E-state index >= 15 is 0 Å². The number of allylic oxidation sites excluding steroid dienone is 1. The van der Waals surface area contributed by atoms with Gasteiger partial charge in [-0.2, -0.15) is 0 Å². The average Bonchev–Trinajstić information content (AvgIpc) is 2.28. The molecule has 0 bridgehead atoms. The predicted octanol–water partition coefficient (Wildman–Crippen LogP) is 3.26. The quantitative estimate of drug-likeness (QED) is 0.354. The van der Waals surface area contributed by atoms with Crippen molar-refractivity contribution in [1.82, 2.24) is 4.57 Å². The predicted molar refractivity (Wildman–Crippen MR) is 83.0 cm³/mol. The highest BCUT2D eigenvalue weighted by molar-refractivity contribution is 6.80. The van der Waals surface area contributed by atoms with Crippen LogP contribution < -0.4 is 0 Å². The SMILES string of the molecule is C=CCCC[C@H]1C(=O)N([Si](C)(C)C(C)(C)C)[C@@H]1C(=O)O. The summed E-state index contributed by atoms with van der Waals surface area (Å²) in [6.07, 6.45) is 4.11. The zero-order chi connectivity index (χ0) is 15.7. The fraction of sp³-hybridized carbons (Fsp3) is 0.733. The van der Waals surface area contributed by atoms with E-state index in [0.717, 1.165) is 12.8 Å². The molecule has 114 valence electrons. The Morgan fingerprint density at radius 3 is 2.40 bits per heavy atom. The summed E-state index contributed by atoms with van der Waals surface area (Å²) in [6, 6.07) is -0.631. The van der Waals surface area contributed by atoms with Crippen molar-refractivity contribution in [2.45, 2.75) is 64.2 Å². The van der Waals surface area contributed by atoms with Crippen molar-refractivity contribution in [3.63, 3.8) is 0 Å². The Hall–Kier alpha value is -1.10. The van der Waals surface area contributed by atoms with Crippen LogP contribution in [0.4, 0.5) is 0 Å². The molecule has 1 aliphatic heterocycles. The molecule has 4 nitrogen and oxygen atoms in total. The fourth-order valence-electron chi connectivity index (χ4n) is 2.58. The monoisotopic (exact) mass is 297 g/mol. The third-order valence-corrected chi connectivity index (χ3v) is 10.2. The highest BCUT2D eigenvalue weighted by atomic mass is 28.3. The molecule has 1 rings (SSSR count). The number of carboxylic acid groups (broad SMARTS) is 1. The Labute approximate surface area is 122 Å². The van der Waals surface area contributed by atoms with Crippen molar-refractivity contribution in [3.05, 3.63) is 12.7 Å². The number of rotatable bonds is 6. The van der Waals surface area contributed by atoms with Crippen molar-refractivity contribution < 1.29 is 14.7 Å². The van der Waals surface area contributed by atoms with Crippen LogP contribution in [0.1, 0.15) is 40.0 Å². The van der Waals surface area contributed by atoms with Gasteiger partial charge in [-0.15, -0.1) is 6.58 Å². The third kappa shape index (κ3) is 2.82. The second kappa shape index (κ2) is 5.72. The van der Waals surface area contributed by atoms with Crippen LogP contribution in [0.3, 0.4) is 0 Å².